The van der Waals surface area contributed by atoms with Gasteiger partial charge in [-0.2, -0.15) is 0 Å². The minimum atomic E-state index is -2.78. The summed E-state index contributed by atoms with van der Waals surface area (Å²) in [5.74, 6) is -23.2. The predicted octanol–water partition coefficient (Wildman–Crippen LogP) is 5.30. The van der Waals surface area contributed by atoms with E-state index in [9.17, 15) is 42.3 Å². The number of unbranched alkanes of at least 4 members (excludes halogenated alkanes) is 2. The van der Waals surface area contributed by atoms with E-state index in [1.54, 1.807) is 0 Å². The van der Waals surface area contributed by atoms with E-state index in [0.29, 0.717) is 19.3 Å². The molecule has 2 saturated heterocycles. The van der Waals surface area contributed by atoms with Crippen molar-refractivity contribution in [3.8, 4) is 11.5 Å². The highest BCUT2D eigenvalue weighted by Crippen LogP contribution is 2.66. The van der Waals surface area contributed by atoms with E-state index in [2.05, 4.69) is 0 Å². The van der Waals surface area contributed by atoms with Gasteiger partial charge in [0, 0.05) is 30.5 Å². The summed E-state index contributed by atoms with van der Waals surface area (Å²) in [6.07, 6.45) is 1.67. The maximum atomic E-state index is 15.2. The average Bonchev–Trinajstić information content (AvgIpc) is 3.40. The molecule has 2 aliphatic heterocycles. The Morgan fingerprint density at radius 1 is 0.920 bits per heavy atom. The van der Waals surface area contributed by atoms with Crippen molar-refractivity contribution in [1.82, 2.24) is 4.90 Å². The van der Waals surface area contributed by atoms with E-state index in [1.165, 1.54) is 25.3 Å². The Kier molecular flexibility index (Phi) is 8.91. The summed E-state index contributed by atoms with van der Waals surface area (Å²) in [6, 6.07) is 3.78. The molecule has 50 heavy (non-hydrogen) atoms. The van der Waals surface area contributed by atoms with Gasteiger partial charge in [-0.25, -0.2) is 26.9 Å². The third-order valence-electron chi connectivity index (χ3n) is 10.1. The first-order valence-electron chi connectivity index (χ1n) is 15.4. The molecule has 0 spiro atoms. The number of alkyl halides is 2. The number of methoxy groups -OCH3 is 1. The van der Waals surface area contributed by atoms with Crippen LogP contribution in [0.25, 0.3) is 0 Å². The van der Waals surface area contributed by atoms with Gasteiger partial charge in [0.1, 0.15) is 17.2 Å². The van der Waals surface area contributed by atoms with Crippen LogP contribution in [0.1, 0.15) is 50.0 Å². The fourth-order valence-corrected chi connectivity index (χ4v) is 8.74. The number of allylic oxidation sites excluding steroid dienone is 2. The number of benzene rings is 2. The van der Waals surface area contributed by atoms with E-state index >= 15 is 8.78 Å². The van der Waals surface area contributed by atoms with Crippen LogP contribution in [-0.4, -0.2) is 68.1 Å². The lowest BCUT2D eigenvalue weighted by atomic mass is 9.56. The Bertz CT molecular complexity index is 1880. The van der Waals surface area contributed by atoms with Crippen molar-refractivity contribution >= 4 is 58.5 Å². The number of carboxylic acids is 1. The summed E-state index contributed by atoms with van der Waals surface area (Å²) >= 11 is 14.1. The molecule has 3 fully saturated rings. The number of hydrogen-bond donors (Lipinski definition) is 2. The minimum absolute atomic E-state index is 0.0358. The van der Waals surface area contributed by atoms with E-state index in [0.717, 1.165) is 11.0 Å². The number of anilines is 1. The molecule has 2 aromatic rings. The van der Waals surface area contributed by atoms with Gasteiger partial charge in [0.25, 0.3) is 11.8 Å². The largest absolute Gasteiger partial charge is 0.508 e. The Labute approximate surface area is 290 Å². The molecule has 0 unspecified atom stereocenters. The van der Waals surface area contributed by atoms with Crippen molar-refractivity contribution in [1.29, 1.82) is 0 Å². The lowest BCUT2D eigenvalue weighted by molar-refractivity contribution is -0.141. The standard InChI is InChI=1S/C33H27Cl2F5N2O8/c1-50-13-6-7-15(18(43)11-13)21-14-8-9-16-20(29(47)41(28(16)46)10-4-2-3-5-19(44)45)17(14)12-32(34)30(48)42(31(49)33(21,32)35)27-25(39)23(37)22(36)24(38)26(27)40/h6-8,11,16-17,20-21,43H,2-5,9-10,12H2,1H3,(H,44,45)/t16-,17+,20-,21+,32+,33-/m0/s1. The lowest BCUT2D eigenvalue weighted by Crippen LogP contribution is -2.60. The summed E-state index contributed by atoms with van der Waals surface area (Å²) < 4.78 is 78.2. The van der Waals surface area contributed by atoms with Crippen molar-refractivity contribution in [3.63, 3.8) is 0 Å². The SMILES string of the molecule is COc1ccc([C@H]2C3=CC[C@@H]4C(=O)N(CCCCCC(=O)O)C(=O)[C@@H]4[C@@H]3C[C@@]3(Cl)C(=O)N(c4c(F)c(F)c(F)c(F)c4F)C(=O)[C@@]23Cl)c(O)c1. The average molecular weight is 745 g/mol. The van der Waals surface area contributed by atoms with E-state index in [1.807, 2.05) is 0 Å². The van der Waals surface area contributed by atoms with Gasteiger partial charge < -0.3 is 14.9 Å². The van der Waals surface area contributed by atoms with Crippen molar-refractivity contribution in [2.45, 2.75) is 54.2 Å². The molecule has 4 aliphatic rings. The molecule has 17 heteroatoms. The smallest absolute Gasteiger partial charge is 0.303 e. The Morgan fingerprint density at radius 3 is 2.16 bits per heavy atom. The van der Waals surface area contributed by atoms with Crippen LogP contribution in [0, 0.1) is 46.8 Å². The number of nitrogens with zero attached hydrogens (tertiary/aromatic N) is 2. The molecule has 6 atom stereocenters. The Morgan fingerprint density at radius 2 is 1.56 bits per heavy atom. The van der Waals surface area contributed by atoms with Gasteiger partial charge in [-0.3, -0.25) is 28.9 Å². The summed E-state index contributed by atoms with van der Waals surface area (Å²) in [7, 11) is 1.30. The molecule has 4 amide bonds. The second-order valence-electron chi connectivity index (χ2n) is 12.7. The number of hydrogen-bond acceptors (Lipinski definition) is 7. The van der Waals surface area contributed by atoms with E-state index < -0.39 is 110 Å². The molecule has 2 aromatic carbocycles. The third kappa shape index (κ3) is 4.90. The summed E-state index contributed by atoms with van der Waals surface area (Å²) in [6.45, 7) is -0.0358. The number of imide groups is 2. The van der Waals surface area contributed by atoms with Gasteiger partial charge in [0.2, 0.25) is 17.6 Å². The van der Waals surface area contributed by atoms with Gasteiger partial charge in [0.05, 0.1) is 18.9 Å². The number of aromatic hydroxyl groups is 1. The summed E-state index contributed by atoms with van der Waals surface area (Å²) in [4.78, 5) is 62.1. The first-order chi connectivity index (χ1) is 23.5. The predicted molar refractivity (Wildman–Crippen MR) is 164 cm³/mol. The maximum Gasteiger partial charge on any atom is 0.303 e. The van der Waals surface area contributed by atoms with E-state index in [-0.39, 0.29) is 41.2 Å². The molecule has 2 aliphatic carbocycles. The number of likely N-dealkylation sites (tertiary alicyclic amines) is 1. The molecule has 10 nitrogen and oxygen atoms in total. The number of amides is 4. The van der Waals surface area contributed by atoms with Gasteiger partial charge in [-0.15, -0.1) is 23.2 Å². The number of halogens is 7. The second kappa shape index (κ2) is 12.5. The zero-order valence-corrected chi connectivity index (χ0v) is 27.5. The van der Waals surface area contributed by atoms with Crippen molar-refractivity contribution in [3.05, 3.63) is 64.5 Å². The number of rotatable bonds is 9. The molecule has 6 rings (SSSR count). The van der Waals surface area contributed by atoms with Crippen LogP contribution in [0.4, 0.5) is 27.6 Å². The number of carbonyl (C=O) groups excluding carboxylic acids is 4. The number of fused-ring (bicyclic) bond motifs is 4. The van der Waals surface area contributed by atoms with Crippen LogP contribution in [-0.2, 0) is 24.0 Å². The van der Waals surface area contributed by atoms with E-state index in [4.69, 9.17) is 33.0 Å². The van der Waals surface area contributed by atoms with Gasteiger partial charge in [0.15, 0.2) is 33.0 Å². The van der Waals surface area contributed by atoms with Crippen LogP contribution in [0.15, 0.2) is 29.8 Å². The van der Waals surface area contributed by atoms with Crippen LogP contribution in [0.3, 0.4) is 0 Å². The number of phenolic OH excluding ortho intramolecular Hbond substituents is 1. The maximum absolute atomic E-state index is 15.2. The third-order valence-corrected chi connectivity index (χ3v) is 11.5. The summed E-state index contributed by atoms with van der Waals surface area (Å²) in [5, 5.41) is 20.1. The number of aliphatic carboxylic acids is 1. The number of ether oxygens (including phenoxy) is 1. The van der Waals surface area contributed by atoms with Gasteiger partial charge in [-0.1, -0.05) is 24.1 Å². The molecule has 2 N–H and O–H groups in total. The number of phenols is 1. The monoisotopic (exact) mass is 744 g/mol. The molecule has 0 aromatic heterocycles. The molecular weight excluding hydrogens is 718 g/mol. The van der Waals surface area contributed by atoms with Crippen LogP contribution >= 0.6 is 23.2 Å². The first kappa shape index (κ1) is 35.6. The summed E-state index contributed by atoms with van der Waals surface area (Å²) in [5.41, 5.74) is -1.87. The van der Waals surface area contributed by atoms with Crippen molar-refractivity contribution in [2.75, 3.05) is 18.6 Å². The molecule has 0 radical (unpaired) electrons. The highest BCUT2D eigenvalue weighted by molar-refractivity contribution is 6.58. The normalized spacial score (nSPS) is 28.8. The zero-order valence-electron chi connectivity index (χ0n) is 26.0. The minimum Gasteiger partial charge on any atom is -0.508 e. The van der Waals surface area contributed by atoms with Crippen molar-refractivity contribution in [2.24, 2.45) is 17.8 Å². The second-order valence-corrected chi connectivity index (χ2v) is 13.9. The number of carbonyl (C=O) groups is 5. The Hall–Kier alpha value is -4.24. The van der Waals surface area contributed by atoms with Crippen LogP contribution in [0.2, 0.25) is 0 Å². The number of carboxylic acid groups (broad SMARTS) is 1. The lowest BCUT2D eigenvalue weighted by Gasteiger charge is -2.50. The van der Waals surface area contributed by atoms with Gasteiger partial charge >= 0.3 is 5.97 Å². The fourth-order valence-electron chi connectivity index (χ4n) is 7.82. The van der Waals surface area contributed by atoms with Crippen molar-refractivity contribution < 1.29 is 60.9 Å². The molecular formula is C33H27Cl2F5N2O8. The zero-order chi connectivity index (χ0) is 36.6. The molecule has 1 saturated carbocycles. The topological polar surface area (TPSA) is 142 Å². The molecule has 0 bridgehead atoms. The highest BCUT2D eigenvalue weighted by Gasteiger charge is 2.77. The first-order valence-corrected chi connectivity index (χ1v) is 16.2. The molecule has 2 heterocycles. The molecule has 266 valence electrons. The van der Waals surface area contributed by atoms with Gasteiger partial charge in [-0.05, 0) is 37.7 Å². The van der Waals surface area contributed by atoms with Crippen LogP contribution in [0.5, 0.6) is 11.5 Å². The van der Waals surface area contributed by atoms with Crippen LogP contribution < -0.4 is 9.64 Å². The highest BCUT2D eigenvalue weighted by atomic mass is 35.5. The Balaban J connectivity index is 1.48. The fraction of sp³-hybridized carbons (Fsp3) is 0.424. The quantitative estimate of drug-likeness (QED) is 0.0670.